The molecular formula is C15H22ClF2N3O2. The number of hydrogen-bond donors (Lipinski definition) is 2. The summed E-state index contributed by atoms with van der Waals surface area (Å²) >= 11 is 5.91. The lowest BCUT2D eigenvalue weighted by atomic mass is 10.2. The first kappa shape index (κ1) is 19.4. The number of alkyl halides is 2. The highest BCUT2D eigenvalue weighted by Gasteiger charge is 2.10. The zero-order chi connectivity index (χ0) is 17.1. The van der Waals surface area contributed by atoms with Gasteiger partial charge in [0.15, 0.2) is 5.96 Å². The Labute approximate surface area is 140 Å². The average molecular weight is 350 g/mol. The molecule has 1 aromatic carbocycles. The van der Waals surface area contributed by atoms with Crippen LogP contribution in [0.25, 0.3) is 0 Å². The van der Waals surface area contributed by atoms with Crippen molar-refractivity contribution in [3.05, 3.63) is 28.8 Å². The largest absolute Gasteiger partial charge is 0.434 e. The van der Waals surface area contributed by atoms with Crippen molar-refractivity contribution < 1.29 is 18.3 Å². The summed E-state index contributed by atoms with van der Waals surface area (Å²) in [6.07, 6.45) is 0.831. The first-order chi connectivity index (χ1) is 11.1. The molecule has 5 nitrogen and oxygen atoms in total. The molecule has 0 atom stereocenters. The monoisotopic (exact) mass is 349 g/mol. The van der Waals surface area contributed by atoms with Crippen molar-refractivity contribution in [3.8, 4) is 5.75 Å². The second kappa shape index (κ2) is 11.0. The maximum atomic E-state index is 12.4. The van der Waals surface area contributed by atoms with Crippen LogP contribution in [0.3, 0.4) is 0 Å². The molecule has 0 bridgehead atoms. The van der Waals surface area contributed by atoms with Gasteiger partial charge in [0.25, 0.3) is 0 Å². The SMILES string of the molecule is CCNC(=NCc1cc(Cl)ccc1OC(F)F)NCCCOC. The van der Waals surface area contributed by atoms with Gasteiger partial charge in [0.1, 0.15) is 5.75 Å². The van der Waals surface area contributed by atoms with Gasteiger partial charge in [0.2, 0.25) is 0 Å². The van der Waals surface area contributed by atoms with Crippen LogP contribution in [0, 0.1) is 0 Å². The van der Waals surface area contributed by atoms with E-state index in [9.17, 15) is 8.78 Å². The standard InChI is InChI=1S/C15H22ClF2N3O2/c1-3-19-15(20-7-4-8-22-2)21-10-11-9-12(16)5-6-13(11)23-14(17)18/h5-6,9,14H,3-4,7-8,10H2,1-2H3,(H2,19,20,21). The number of ether oxygens (including phenoxy) is 2. The molecule has 1 rings (SSSR count). The Hall–Kier alpha value is -1.60. The Morgan fingerprint density at radius 1 is 1.35 bits per heavy atom. The fraction of sp³-hybridized carbons (Fsp3) is 0.533. The number of methoxy groups -OCH3 is 1. The van der Waals surface area contributed by atoms with E-state index in [-0.39, 0.29) is 12.3 Å². The van der Waals surface area contributed by atoms with Crippen LogP contribution in [0.4, 0.5) is 8.78 Å². The van der Waals surface area contributed by atoms with Gasteiger partial charge in [0, 0.05) is 37.4 Å². The van der Waals surface area contributed by atoms with Crippen LogP contribution >= 0.6 is 11.6 Å². The van der Waals surface area contributed by atoms with Crippen LogP contribution in [0.1, 0.15) is 18.9 Å². The third-order valence-corrected chi connectivity index (χ3v) is 3.04. The number of halogens is 3. The summed E-state index contributed by atoms with van der Waals surface area (Å²) in [5.74, 6) is 0.662. The molecule has 0 fully saturated rings. The van der Waals surface area contributed by atoms with Gasteiger partial charge in [-0.1, -0.05) is 11.6 Å². The molecule has 0 aromatic heterocycles. The van der Waals surface area contributed by atoms with Crippen LogP contribution in [0.2, 0.25) is 5.02 Å². The van der Waals surface area contributed by atoms with E-state index in [4.69, 9.17) is 16.3 Å². The van der Waals surface area contributed by atoms with E-state index in [1.54, 1.807) is 13.2 Å². The van der Waals surface area contributed by atoms with E-state index in [0.717, 1.165) is 6.42 Å². The zero-order valence-corrected chi connectivity index (χ0v) is 14.0. The third kappa shape index (κ3) is 7.99. The van der Waals surface area contributed by atoms with Crippen molar-refractivity contribution >= 4 is 17.6 Å². The van der Waals surface area contributed by atoms with Crippen molar-refractivity contribution in [2.45, 2.75) is 26.5 Å². The Bertz CT molecular complexity index is 502. The van der Waals surface area contributed by atoms with E-state index in [1.807, 2.05) is 6.92 Å². The predicted octanol–water partition coefficient (Wildman–Crippen LogP) is 3.03. The van der Waals surface area contributed by atoms with Crippen molar-refractivity contribution in [2.75, 3.05) is 26.8 Å². The predicted molar refractivity (Wildman–Crippen MR) is 87.4 cm³/mol. The van der Waals surface area contributed by atoms with Crippen LogP contribution < -0.4 is 15.4 Å². The molecule has 23 heavy (non-hydrogen) atoms. The average Bonchev–Trinajstić information content (AvgIpc) is 2.51. The fourth-order valence-electron chi connectivity index (χ4n) is 1.81. The highest BCUT2D eigenvalue weighted by atomic mass is 35.5. The molecule has 0 heterocycles. The third-order valence-electron chi connectivity index (χ3n) is 2.81. The van der Waals surface area contributed by atoms with Gasteiger partial charge in [-0.05, 0) is 31.5 Å². The van der Waals surface area contributed by atoms with Crippen LogP contribution in [-0.2, 0) is 11.3 Å². The van der Waals surface area contributed by atoms with E-state index in [2.05, 4.69) is 20.4 Å². The molecule has 2 N–H and O–H groups in total. The molecule has 0 amide bonds. The minimum absolute atomic E-state index is 0.0726. The van der Waals surface area contributed by atoms with E-state index in [0.29, 0.717) is 36.2 Å². The van der Waals surface area contributed by atoms with Crippen molar-refractivity contribution in [2.24, 2.45) is 4.99 Å². The van der Waals surface area contributed by atoms with Gasteiger partial charge >= 0.3 is 6.61 Å². The second-order valence-electron chi connectivity index (χ2n) is 4.60. The molecule has 0 saturated carbocycles. The summed E-state index contributed by atoms with van der Waals surface area (Å²) in [6, 6.07) is 4.48. The highest BCUT2D eigenvalue weighted by Crippen LogP contribution is 2.25. The van der Waals surface area contributed by atoms with Gasteiger partial charge in [-0.15, -0.1) is 0 Å². The summed E-state index contributed by atoms with van der Waals surface area (Å²) in [7, 11) is 1.64. The van der Waals surface area contributed by atoms with Crippen molar-refractivity contribution in [1.82, 2.24) is 10.6 Å². The highest BCUT2D eigenvalue weighted by molar-refractivity contribution is 6.30. The number of benzene rings is 1. The maximum Gasteiger partial charge on any atom is 0.387 e. The first-order valence-corrected chi connectivity index (χ1v) is 7.69. The maximum absolute atomic E-state index is 12.4. The van der Waals surface area contributed by atoms with E-state index in [1.165, 1.54) is 12.1 Å². The van der Waals surface area contributed by atoms with Crippen LogP contribution in [0.5, 0.6) is 5.75 Å². The smallest absolute Gasteiger partial charge is 0.387 e. The lowest BCUT2D eigenvalue weighted by Crippen LogP contribution is -2.38. The summed E-state index contributed by atoms with van der Waals surface area (Å²) in [5, 5.41) is 6.66. The van der Waals surface area contributed by atoms with Crippen molar-refractivity contribution in [3.63, 3.8) is 0 Å². The van der Waals surface area contributed by atoms with Crippen LogP contribution in [0.15, 0.2) is 23.2 Å². The molecule has 8 heteroatoms. The number of hydrogen-bond acceptors (Lipinski definition) is 3. The molecule has 1 aromatic rings. The first-order valence-electron chi connectivity index (χ1n) is 7.31. The fourth-order valence-corrected chi connectivity index (χ4v) is 2.01. The van der Waals surface area contributed by atoms with Crippen LogP contribution in [-0.4, -0.2) is 39.4 Å². The molecule has 0 unspecified atom stereocenters. The zero-order valence-electron chi connectivity index (χ0n) is 13.2. The molecular weight excluding hydrogens is 328 g/mol. The Morgan fingerprint density at radius 3 is 2.78 bits per heavy atom. The molecule has 0 aliphatic heterocycles. The molecule has 0 saturated heterocycles. The van der Waals surface area contributed by atoms with Gasteiger partial charge in [-0.25, -0.2) is 4.99 Å². The van der Waals surface area contributed by atoms with E-state index >= 15 is 0 Å². The minimum Gasteiger partial charge on any atom is -0.434 e. The van der Waals surface area contributed by atoms with Crippen molar-refractivity contribution in [1.29, 1.82) is 0 Å². The van der Waals surface area contributed by atoms with Gasteiger partial charge in [-0.3, -0.25) is 0 Å². The van der Waals surface area contributed by atoms with E-state index < -0.39 is 6.61 Å². The Balaban J connectivity index is 2.75. The molecule has 130 valence electrons. The number of guanidine groups is 1. The molecule has 0 spiro atoms. The van der Waals surface area contributed by atoms with Gasteiger partial charge in [0.05, 0.1) is 6.54 Å². The second-order valence-corrected chi connectivity index (χ2v) is 5.04. The normalized spacial score (nSPS) is 11.7. The lowest BCUT2D eigenvalue weighted by Gasteiger charge is -2.13. The molecule has 0 radical (unpaired) electrons. The topological polar surface area (TPSA) is 54.9 Å². The van der Waals surface area contributed by atoms with Gasteiger partial charge in [-0.2, -0.15) is 8.78 Å². The summed E-state index contributed by atoms with van der Waals surface area (Å²) in [4.78, 5) is 4.36. The van der Waals surface area contributed by atoms with Gasteiger partial charge < -0.3 is 20.1 Å². The number of aliphatic imine (C=N–C) groups is 1. The number of nitrogens with one attached hydrogen (secondary N) is 2. The molecule has 0 aliphatic carbocycles. The quantitative estimate of drug-likeness (QED) is 0.409. The lowest BCUT2D eigenvalue weighted by molar-refractivity contribution is -0.0504. The summed E-state index contributed by atoms with van der Waals surface area (Å²) in [6.45, 7) is 1.24. The number of rotatable bonds is 9. The minimum atomic E-state index is -2.89. The Kier molecular flexibility index (Phi) is 9.31. The summed E-state index contributed by atoms with van der Waals surface area (Å²) < 4.78 is 34.3. The molecule has 0 aliphatic rings. The Morgan fingerprint density at radius 2 is 2.13 bits per heavy atom. The number of nitrogens with zero attached hydrogens (tertiary/aromatic N) is 1. The summed E-state index contributed by atoms with van der Waals surface area (Å²) in [5.41, 5.74) is 0.492.